The molecule has 0 spiro atoms. The highest BCUT2D eigenvalue weighted by Crippen LogP contribution is 2.19. The van der Waals surface area contributed by atoms with Crippen molar-refractivity contribution in [3.8, 4) is 11.8 Å². The monoisotopic (exact) mass is 373 g/mol. The van der Waals surface area contributed by atoms with Crippen LogP contribution >= 0.6 is 11.6 Å². The molecule has 8 heteroatoms. The Balaban J connectivity index is 1.69. The first-order valence-corrected chi connectivity index (χ1v) is 8.38. The van der Waals surface area contributed by atoms with Gasteiger partial charge in [0.15, 0.2) is 0 Å². The number of nitriles is 1. The quantitative estimate of drug-likeness (QED) is 0.851. The lowest BCUT2D eigenvalue weighted by Crippen LogP contribution is -2.51. The van der Waals surface area contributed by atoms with Gasteiger partial charge in [0.25, 0.3) is 11.5 Å². The van der Waals surface area contributed by atoms with Gasteiger partial charge in [0.1, 0.15) is 16.9 Å². The van der Waals surface area contributed by atoms with Crippen molar-refractivity contribution >= 4 is 17.5 Å². The van der Waals surface area contributed by atoms with Crippen LogP contribution in [-0.2, 0) is 4.74 Å². The van der Waals surface area contributed by atoms with E-state index in [1.807, 2.05) is 6.07 Å². The van der Waals surface area contributed by atoms with Crippen LogP contribution in [0.4, 0.5) is 0 Å². The van der Waals surface area contributed by atoms with Gasteiger partial charge in [-0.05, 0) is 36.8 Å². The third kappa shape index (κ3) is 4.23. The van der Waals surface area contributed by atoms with E-state index in [-0.39, 0.29) is 28.6 Å². The van der Waals surface area contributed by atoms with Crippen LogP contribution in [-0.4, -0.2) is 36.3 Å². The van der Waals surface area contributed by atoms with Gasteiger partial charge in [0.05, 0.1) is 29.8 Å². The smallest absolute Gasteiger partial charge is 0.266 e. The Morgan fingerprint density at radius 2 is 2.15 bits per heavy atom. The van der Waals surface area contributed by atoms with Crippen molar-refractivity contribution in [2.24, 2.45) is 0 Å². The molecule has 2 atom stereocenters. The summed E-state index contributed by atoms with van der Waals surface area (Å²) in [5.74, 6) is 0.231. The van der Waals surface area contributed by atoms with Crippen molar-refractivity contribution in [3.63, 3.8) is 0 Å². The molecule has 2 N–H and O–H groups in total. The number of aromatic nitrogens is 1. The lowest BCUT2D eigenvalue weighted by Gasteiger charge is -2.32. The Labute approximate surface area is 154 Å². The summed E-state index contributed by atoms with van der Waals surface area (Å²) >= 11 is 5.77. The number of carbonyl (C=O) groups excluding carboxylic acids is 1. The number of ether oxygens (including phenoxy) is 2. The van der Waals surface area contributed by atoms with E-state index >= 15 is 0 Å². The molecule has 0 bridgehead atoms. The Bertz CT molecular complexity index is 889. The normalized spacial score (nSPS) is 19.4. The molecule has 26 heavy (non-hydrogen) atoms. The largest absolute Gasteiger partial charge is 0.486 e. The second kappa shape index (κ2) is 8.04. The van der Waals surface area contributed by atoms with Crippen molar-refractivity contribution in [1.82, 2.24) is 10.3 Å². The fourth-order valence-corrected chi connectivity index (χ4v) is 2.79. The molecule has 1 fully saturated rings. The predicted octanol–water partition coefficient (Wildman–Crippen LogP) is 1.87. The van der Waals surface area contributed by atoms with E-state index in [0.717, 1.165) is 0 Å². The molecule has 1 aromatic heterocycles. The molecule has 1 amide bonds. The molecular formula is C18H16ClN3O4. The third-order valence-electron chi connectivity index (χ3n) is 4.01. The molecule has 1 saturated heterocycles. The minimum atomic E-state index is -0.448. The summed E-state index contributed by atoms with van der Waals surface area (Å²) in [6.07, 6.45) is 1.53. The van der Waals surface area contributed by atoms with Gasteiger partial charge in [0, 0.05) is 12.8 Å². The molecule has 2 aromatic rings. The van der Waals surface area contributed by atoms with Crippen molar-refractivity contribution in [3.05, 3.63) is 63.0 Å². The number of aromatic amines is 1. The molecule has 1 aromatic carbocycles. The second-order valence-corrected chi connectivity index (χ2v) is 6.21. The number of halogens is 1. The summed E-state index contributed by atoms with van der Waals surface area (Å²) in [5.41, 5.74) is 0.353. The second-order valence-electron chi connectivity index (χ2n) is 5.80. The number of pyridine rings is 1. The Kier molecular flexibility index (Phi) is 5.56. The molecule has 0 unspecified atom stereocenters. The van der Waals surface area contributed by atoms with Crippen LogP contribution in [0.5, 0.6) is 5.75 Å². The molecule has 7 nitrogen and oxygen atoms in total. The Morgan fingerprint density at radius 1 is 1.38 bits per heavy atom. The van der Waals surface area contributed by atoms with Crippen LogP contribution in [0, 0.1) is 11.3 Å². The predicted molar refractivity (Wildman–Crippen MR) is 94.3 cm³/mol. The first-order chi connectivity index (χ1) is 12.6. The minimum Gasteiger partial charge on any atom is -0.486 e. The highest BCUT2D eigenvalue weighted by molar-refractivity contribution is 6.30. The number of benzene rings is 1. The number of hydrogen-bond donors (Lipinski definition) is 2. The van der Waals surface area contributed by atoms with E-state index in [0.29, 0.717) is 30.9 Å². The first kappa shape index (κ1) is 18.0. The van der Waals surface area contributed by atoms with E-state index in [2.05, 4.69) is 10.3 Å². The van der Waals surface area contributed by atoms with Crippen LogP contribution in [0.1, 0.15) is 22.3 Å². The van der Waals surface area contributed by atoms with E-state index in [1.165, 1.54) is 12.3 Å². The van der Waals surface area contributed by atoms with Gasteiger partial charge in [0.2, 0.25) is 0 Å². The molecule has 0 aliphatic carbocycles. The average molecular weight is 374 g/mol. The van der Waals surface area contributed by atoms with Crippen LogP contribution in [0.25, 0.3) is 0 Å². The topological polar surface area (TPSA) is 104 Å². The maximum atomic E-state index is 12.4. The molecule has 3 rings (SSSR count). The molecule has 1 aliphatic heterocycles. The summed E-state index contributed by atoms with van der Waals surface area (Å²) in [4.78, 5) is 26.2. The van der Waals surface area contributed by atoms with Crippen LogP contribution in [0.15, 0.2) is 41.3 Å². The van der Waals surface area contributed by atoms with Crippen LogP contribution < -0.4 is 15.6 Å². The van der Waals surface area contributed by atoms with Gasteiger partial charge >= 0.3 is 0 Å². The maximum absolute atomic E-state index is 12.4. The first-order valence-electron chi connectivity index (χ1n) is 8.00. The summed E-state index contributed by atoms with van der Waals surface area (Å²) in [7, 11) is 0. The van der Waals surface area contributed by atoms with Crippen molar-refractivity contribution in [1.29, 1.82) is 5.26 Å². The van der Waals surface area contributed by atoms with E-state index in [4.69, 9.17) is 26.3 Å². The summed E-state index contributed by atoms with van der Waals surface area (Å²) in [5, 5.41) is 11.7. The third-order valence-corrected chi connectivity index (χ3v) is 4.29. The molecule has 0 saturated carbocycles. The van der Waals surface area contributed by atoms with Crippen LogP contribution in [0.3, 0.4) is 0 Å². The number of carbonyl (C=O) groups is 1. The summed E-state index contributed by atoms with van der Waals surface area (Å²) < 4.78 is 11.4. The van der Waals surface area contributed by atoms with Gasteiger partial charge in [-0.2, -0.15) is 5.26 Å². The number of nitrogens with one attached hydrogen (secondary N) is 2. The zero-order valence-electron chi connectivity index (χ0n) is 13.7. The maximum Gasteiger partial charge on any atom is 0.266 e. The number of nitrogens with zero attached hydrogens (tertiary/aromatic N) is 1. The average Bonchev–Trinajstić information content (AvgIpc) is 2.66. The SMILES string of the molecule is N#Cc1ccc(O[C@@H]2COCC[C@H]2NC(=O)c2c[nH]c(=O)c(Cl)c2)cc1. The lowest BCUT2D eigenvalue weighted by molar-refractivity contribution is -0.0135. The Morgan fingerprint density at radius 3 is 2.85 bits per heavy atom. The van der Waals surface area contributed by atoms with Gasteiger partial charge in [-0.25, -0.2) is 0 Å². The summed E-state index contributed by atoms with van der Waals surface area (Å²) in [6.45, 7) is 0.835. The minimum absolute atomic E-state index is 0.0463. The van der Waals surface area contributed by atoms with Crippen molar-refractivity contribution < 1.29 is 14.3 Å². The van der Waals surface area contributed by atoms with Gasteiger partial charge < -0.3 is 19.8 Å². The van der Waals surface area contributed by atoms with Gasteiger partial charge in [-0.1, -0.05) is 11.6 Å². The van der Waals surface area contributed by atoms with Crippen molar-refractivity contribution in [2.75, 3.05) is 13.2 Å². The Hall–Kier alpha value is -2.82. The van der Waals surface area contributed by atoms with Crippen LogP contribution in [0.2, 0.25) is 5.02 Å². The van der Waals surface area contributed by atoms with E-state index in [1.54, 1.807) is 24.3 Å². The van der Waals surface area contributed by atoms with Gasteiger partial charge in [-0.15, -0.1) is 0 Å². The van der Waals surface area contributed by atoms with Gasteiger partial charge in [-0.3, -0.25) is 9.59 Å². The number of amides is 1. The fourth-order valence-electron chi connectivity index (χ4n) is 2.61. The lowest BCUT2D eigenvalue weighted by atomic mass is 10.1. The van der Waals surface area contributed by atoms with E-state index in [9.17, 15) is 9.59 Å². The fraction of sp³-hybridized carbons (Fsp3) is 0.278. The highest BCUT2D eigenvalue weighted by Gasteiger charge is 2.29. The summed E-state index contributed by atoms with van der Waals surface area (Å²) in [6, 6.07) is 9.83. The molecule has 1 aliphatic rings. The molecule has 0 radical (unpaired) electrons. The highest BCUT2D eigenvalue weighted by atomic mass is 35.5. The standard InChI is InChI=1S/C18H16ClN3O4/c19-14-7-12(9-21-18(14)24)17(23)22-15-5-6-25-10-16(15)26-13-3-1-11(8-20)2-4-13/h1-4,7,9,15-16H,5-6,10H2,(H,21,24)(H,22,23)/t15-,16-/m1/s1. The number of H-pyrrole nitrogens is 1. The van der Waals surface area contributed by atoms with Crippen molar-refractivity contribution in [2.45, 2.75) is 18.6 Å². The zero-order chi connectivity index (χ0) is 18.5. The van der Waals surface area contributed by atoms with E-state index < -0.39 is 5.56 Å². The zero-order valence-corrected chi connectivity index (χ0v) is 14.5. The number of rotatable bonds is 4. The number of hydrogen-bond acceptors (Lipinski definition) is 5. The molecular weight excluding hydrogens is 358 g/mol. The molecule has 134 valence electrons. The molecule has 2 heterocycles.